The molecule has 1 fully saturated rings. The minimum atomic E-state index is 0.455. The third-order valence-electron chi connectivity index (χ3n) is 3.07. The number of hydrogen-bond donors (Lipinski definition) is 2. The molecule has 0 spiro atoms. The number of aromatic amines is 1. The molecule has 0 unspecified atom stereocenters. The van der Waals surface area contributed by atoms with Crippen molar-refractivity contribution >= 4 is 0 Å². The van der Waals surface area contributed by atoms with E-state index in [9.17, 15) is 0 Å². The first kappa shape index (κ1) is 11.5. The summed E-state index contributed by atoms with van der Waals surface area (Å²) in [7, 11) is 0. The van der Waals surface area contributed by atoms with Crippen LogP contribution in [0, 0.1) is 0 Å². The minimum absolute atomic E-state index is 0.455. The maximum atomic E-state index is 4.24. The molecule has 90 valence electrons. The first-order valence-electron chi connectivity index (χ1n) is 6.10. The Bertz CT molecular complexity index is 314. The Hall–Kier alpha value is -0.940. The largest absolute Gasteiger partial charge is 0.314 e. The molecule has 1 aromatic rings. The van der Waals surface area contributed by atoms with E-state index < -0.39 is 0 Å². The van der Waals surface area contributed by atoms with Crippen molar-refractivity contribution < 1.29 is 0 Å². The van der Waals surface area contributed by atoms with E-state index in [1.165, 1.54) is 0 Å². The molecule has 0 atom stereocenters. The molecule has 16 heavy (non-hydrogen) atoms. The first-order valence-corrected chi connectivity index (χ1v) is 6.10. The fourth-order valence-corrected chi connectivity index (χ4v) is 2.11. The van der Waals surface area contributed by atoms with Crippen molar-refractivity contribution in [3.8, 4) is 0 Å². The normalized spacial score (nSPS) is 18.2. The number of nitrogens with one attached hydrogen (secondary N) is 2. The Kier molecular flexibility index (Phi) is 3.90. The summed E-state index contributed by atoms with van der Waals surface area (Å²) in [5.41, 5.74) is 2.25. The molecule has 1 aliphatic rings. The van der Waals surface area contributed by atoms with Crippen molar-refractivity contribution in [2.45, 2.75) is 26.2 Å². The van der Waals surface area contributed by atoms with Gasteiger partial charge in [-0.05, 0) is 5.92 Å². The molecule has 0 radical (unpaired) electrons. The fraction of sp³-hybridized carbons (Fsp3) is 0.818. The molecule has 0 bridgehead atoms. The highest BCUT2D eigenvalue weighted by Gasteiger charge is 2.14. The average molecular weight is 223 g/mol. The number of hydrogen-bond acceptors (Lipinski definition) is 4. The Morgan fingerprint density at radius 3 is 2.69 bits per heavy atom. The van der Waals surface area contributed by atoms with Gasteiger partial charge in [-0.3, -0.25) is 0 Å². The van der Waals surface area contributed by atoms with Gasteiger partial charge in [0, 0.05) is 39.1 Å². The quantitative estimate of drug-likeness (QED) is 0.774. The zero-order valence-corrected chi connectivity index (χ0v) is 10.2. The molecule has 5 heteroatoms. The zero-order valence-electron chi connectivity index (χ0n) is 10.2. The van der Waals surface area contributed by atoms with E-state index in [-0.39, 0.29) is 0 Å². The van der Waals surface area contributed by atoms with E-state index in [0.717, 1.165) is 50.5 Å². The number of rotatable bonds is 4. The number of H-pyrrole nitrogens is 1. The van der Waals surface area contributed by atoms with Gasteiger partial charge in [0.15, 0.2) is 0 Å². The summed E-state index contributed by atoms with van der Waals surface area (Å²) in [5, 5.41) is 14.6. The summed E-state index contributed by atoms with van der Waals surface area (Å²) in [6.45, 7) is 9.92. The van der Waals surface area contributed by atoms with Crippen LogP contribution in [-0.2, 0) is 6.42 Å². The van der Waals surface area contributed by atoms with Gasteiger partial charge in [-0.15, -0.1) is 0 Å². The molecule has 5 nitrogen and oxygen atoms in total. The highest BCUT2D eigenvalue weighted by atomic mass is 15.3. The van der Waals surface area contributed by atoms with Gasteiger partial charge in [0.2, 0.25) is 0 Å². The van der Waals surface area contributed by atoms with Crippen LogP contribution in [0.15, 0.2) is 0 Å². The molecule has 0 saturated carbocycles. The molecule has 1 saturated heterocycles. The van der Waals surface area contributed by atoms with Crippen molar-refractivity contribution in [1.82, 2.24) is 25.6 Å². The van der Waals surface area contributed by atoms with Gasteiger partial charge in [-0.2, -0.15) is 15.4 Å². The van der Waals surface area contributed by atoms with Crippen LogP contribution in [0.5, 0.6) is 0 Å². The van der Waals surface area contributed by atoms with Crippen LogP contribution in [0.1, 0.15) is 31.2 Å². The van der Waals surface area contributed by atoms with Gasteiger partial charge in [0.25, 0.3) is 0 Å². The molecule has 0 amide bonds. The van der Waals surface area contributed by atoms with Crippen LogP contribution in [0.3, 0.4) is 0 Å². The van der Waals surface area contributed by atoms with E-state index in [4.69, 9.17) is 0 Å². The Morgan fingerprint density at radius 1 is 1.25 bits per heavy atom. The minimum Gasteiger partial charge on any atom is -0.314 e. The lowest BCUT2D eigenvalue weighted by Crippen LogP contribution is -2.44. The Morgan fingerprint density at radius 2 is 2.00 bits per heavy atom. The molecule has 2 N–H and O–H groups in total. The molecule has 2 heterocycles. The lowest BCUT2D eigenvalue weighted by molar-refractivity contribution is 0.243. The SMILES string of the molecule is CC(C)c1n[nH]nc1CCN1CCNCC1. The van der Waals surface area contributed by atoms with E-state index in [0.29, 0.717) is 5.92 Å². The van der Waals surface area contributed by atoms with Crippen LogP contribution in [0.25, 0.3) is 0 Å². The van der Waals surface area contributed by atoms with Crippen molar-refractivity contribution in [3.05, 3.63) is 11.4 Å². The van der Waals surface area contributed by atoms with E-state index in [1.54, 1.807) is 0 Å². The van der Waals surface area contributed by atoms with Gasteiger partial charge in [-0.1, -0.05) is 13.8 Å². The van der Waals surface area contributed by atoms with Crippen LogP contribution >= 0.6 is 0 Å². The second-order valence-electron chi connectivity index (χ2n) is 4.65. The standard InChI is InChI=1S/C11H21N5/c1-9(2)11-10(13-15-14-11)3-6-16-7-4-12-5-8-16/h9,12H,3-8H2,1-2H3,(H,13,14,15). The highest BCUT2D eigenvalue weighted by Crippen LogP contribution is 2.14. The van der Waals surface area contributed by atoms with Gasteiger partial charge >= 0.3 is 0 Å². The predicted octanol–water partition coefficient (Wildman–Crippen LogP) is 0.376. The first-order chi connectivity index (χ1) is 7.77. The maximum Gasteiger partial charge on any atom is 0.0882 e. The number of piperazine rings is 1. The molecule has 0 aromatic carbocycles. The monoisotopic (exact) mass is 223 g/mol. The van der Waals surface area contributed by atoms with E-state index in [2.05, 4.69) is 39.5 Å². The molecule has 1 aliphatic heterocycles. The maximum absolute atomic E-state index is 4.24. The van der Waals surface area contributed by atoms with Crippen molar-refractivity contribution in [1.29, 1.82) is 0 Å². The van der Waals surface area contributed by atoms with Gasteiger partial charge in [0.05, 0.1) is 11.4 Å². The summed E-state index contributed by atoms with van der Waals surface area (Å²) < 4.78 is 0. The predicted molar refractivity (Wildman–Crippen MR) is 63.5 cm³/mol. The summed E-state index contributed by atoms with van der Waals surface area (Å²) in [4.78, 5) is 2.48. The highest BCUT2D eigenvalue weighted by molar-refractivity contribution is 5.12. The summed E-state index contributed by atoms with van der Waals surface area (Å²) in [6, 6.07) is 0. The van der Waals surface area contributed by atoms with Crippen molar-refractivity contribution in [2.75, 3.05) is 32.7 Å². The molecule has 0 aliphatic carbocycles. The van der Waals surface area contributed by atoms with Crippen LogP contribution < -0.4 is 5.32 Å². The second-order valence-corrected chi connectivity index (χ2v) is 4.65. The van der Waals surface area contributed by atoms with Crippen LogP contribution in [0.4, 0.5) is 0 Å². The fourth-order valence-electron chi connectivity index (χ4n) is 2.11. The Balaban J connectivity index is 1.86. The van der Waals surface area contributed by atoms with Crippen molar-refractivity contribution in [2.24, 2.45) is 0 Å². The molecule has 2 rings (SSSR count). The number of nitrogens with zero attached hydrogens (tertiary/aromatic N) is 3. The van der Waals surface area contributed by atoms with E-state index >= 15 is 0 Å². The molecular weight excluding hydrogens is 202 g/mol. The second kappa shape index (κ2) is 5.41. The average Bonchev–Trinajstić information content (AvgIpc) is 2.76. The van der Waals surface area contributed by atoms with Crippen LogP contribution in [0.2, 0.25) is 0 Å². The summed E-state index contributed by atoms with van der Waals surface area (Å²) in [5.74, 6) is 0.455. The van der Waals surface area contributed by atoms with E-state index in [1.807, 2.05) is 0 Å². The molecular formula is C11H21N5. The third-order valence-corrected chi connectivity index (χ3v) is 3.07. The summed E-state index contributed by atoms with van der Waals surface area (Å²) in [6.07, 6.45) is 1.00. The lowest BCUT2D eigenvalue weighted by atomic mass is 10.1. The zero-order chi connectivity index (χ0) is 11.4. The Labute approximate surface area is 96.6 Å². The smallest absolute Gasteiger partial charge is 0.0882 e. The lowest BCUT2D eigenvalue weighted by Gasteiger charge is -2.26. The van der Waals surface area contributed by atoms with Gasteiger partial charge in [-0.25, -0.2) is 0 Å². The van der Waals surface area contributed by atoms with Gasteiger partial charge < -0.3 is 10.2 Å². The number of aromatic nitrogens is 3. The third kappa shape index (κ3) is 2.80. The summed E-state index contributed by atoms with van der Waals surface area (Å²) >= 11 is 0. The van der Waals surface area contributed by atoms with Gasteiger partial charge in [0.1, 0.15) is 0 Å². The van der Waals surface area contributed by atoms with Crippen molar-refractivity contribution in [3.63, 3.8) is 0 Å². The van der Waals surface area contributed by atoms with Crippen LogP contribution in [-0.4, -0.2) is 53.0 Å². The topological polar surface area (TPSA) is 56.8 Å². The molecule has 1 aromatic heterocycles.